The van der Waals surface area contributed by atoms with Gasteiger partial charge in [0.2, 0.25) is 0 Å². The van der Waals surface area contributed by atoms with Gasteiger partial charge in [-0.2, -0.15) is 0 Å². The van der Waals surface area contributed by atoms with Gasteiger partial charge in [-0.1, -0.05) is 0 Å². The molecule has 0 saturated heterocycles. The number of ether oxygens (including phenoxy) is 2. The minimum atomic E-state index is -0.906. The van der Waals surface area contributed by atoms with Gasteiger partial charge in [0, 0.05) is 13.2 Å². The molecule has 0 heterocycles. The Balaban J connectivity index is 0. The van der Waals surface area contributed by atoms with Crippen LogP contribution in [0.1, 0.15) is 20.3 Å². The van der Waals surface area contributed by atoms with Gasteiger partial charge in [-0.05, 0) is 13.8 Å². The van der Waals surface area contributed by atoms with E-state index >= 15 is 0 Å². The van der Waals surface area contributed by atoms with Crippen molar-refractivity contribution >= 4 is 5.97 Å². The molecule has 0 aromatic rings. The van der Waals surface area contributed by atoms with E-state index in [1.807, 2.05) is 0 Å². The second-order valence-corrected chi connectivity index (χ2v) is 1.94. The number of hydrogen-bond donors (Lipinski definition) is 1. The van der Waals surface area contributed by atoms with Crippen LogP contribution in [0.25, 0.3) is 0 Å². The number of hydrogen-bond acceptors (Lipinski definition) is 3. The Labute approximate surface area is 94.5 Å². The van der Waals surface area contributed by atoms with Gasteiger partial charge in [0.05, 0.1) is 6.42 Å². The molecule has 0 bridgehead atoms. The summed E-state index contributed by atoms with van der Waals surface area (Å²) < 4.78 is 9.98. The first-order valence-corrected chi connectivity index (χ1v) is 3.65. The molecule has 5 heteroatoms. The van der Waals surface area contributed by atoms with E-state index < -0.39 is 12.3 Å². The quantitative estimate of drug-likeness (QED) is 0.379. The number of carbonyl (C=O) groups is 1. The van der Waals surface area contributed by atoms with Crippen molar-refractivity contribution < 1.29 is 48.9 Å². The van der Waals surface area contributed by atoms with Gasteiger partial charge >= 0.3 is 35.5 Å². The maximum Gasteiger partial charge on any atom is 1.00 e. The zero-order chi connectivity index (χ0) is 8.69. The summed E-state index contributed by atoms with van der Waals surface area (Å²) in [5.41, 5.74) is 0. The molecule has 0 saturated carbocycles. The molecule has 66 valence electrons. The van der Waals surface area contributed by atoms with E-state index in [9.17, 15) is 4.79 Å². The van der Waals surface area contributed by atoms with E-state index in [0.29, 0.717) is 13.2 Å². The smallest absolute Gasteiger partial charge is 0.481 e. The maximum absolute atomic E-state index is 10.2. The largest absolute Gasteiger partial charge is 1.00 e. The van der Waals surface area contributed by atoms with Crippen molar-refractivity contribution in [1.29, 1.82) is 0 Å². The Hall–Kier alpha value is 0.390. The Morgan fingerprint density at radius 3 is 2.00 bits per heavy atom. The molecule has 0 aromatic carbocycles. The molecule has 0 fully saturated rings. The van der Waals surface area contributed by atoms with Crippen molar-refractivity contribution in [3.05, 3.63) is 0 Å². The second kappa shape index (κ2) is 9.48. The van der Waals surface area contributed by atoms with E-state index in [4.69, 9.17) is 14.6 Å². The Bertz CT molecular complexity index is 112. The predicted octanol–water partition coefficient (Wildman–Crippen LogP) is -2.14. The zero-order valence-corrected chi connectivity index (χ0v) is 9.87. The molecule has 0 amide bonds. The standard InChI is InChI=1S/C7H14O4.Na/c1-3-10-7(11-4-2)5-6(8)9;/h7H,3-5H2,1-2H3,(H,8,9);/q;+1. The van der Waals surface area contributed by atoms with Gasteiger partial charge in [0.25, 0.3) is 0 Å². The topological polar surface area (TPSA) is 55.8 Å². The first-order chi connectivity index (χ1) is 5.20. The summed E-state index contributed by atoms with van der Waals surface area (Å²) >= 11 is 0. The first-order valence-electron chi connectivity index (χ1n) is 3.65. The fourth-order valence-corrected chi connectivity index (χ4v) is 0.680. The summed E-state index contributed by atoms with van der Waals surface area (Å²) in [5, 5.41) is 8.38. The molecule has 0 spiro atoms. The monoisotopic (exact) mass is 185 g/mol. The normalized spacial score (nSPS) is 9.58. The van der Waals surface area contributed by atoms with Gasteiger partial charge in [0.1, 0.15) is 0 Å². The summed E-state index contributed by atoms with van der Waals surface area (Å²) in [6.45, 7) is 4.54. The molecular weight excluding hydrogens is 171 g/mol. The third-order valence-corrected chi connectivity index (χ3v) is 1.05. The number of carboxylic acid groups (broad SMARTS) is 1. The zero-order valence-electron chi connectivity index (χ0n) is 7.87. The fourth-order valence-electron chi connectivity index (χ4n) is 0.680. The van der Waals surface area contributed by atoms with Gasteiger partial charge < -0.3 is 14.6 Å². The third kappa shape index (κ3) is 8.49. The number of rotatable bonds is 6. The van der Waals surface area contributed by atoms with Crippen LogP contribution in [0.4, 0.5) is 0 Å². The molecule has 1 N–H and O–H groups in total. The number of aliphatic carboxylic acids is 1. The summed E-state index contributed by atoms with van der Waals surface area (Å²) in [6.07, 6.45) is -0.690. The van der Waals surface area contributed by atoms with Gasteiger partial charge in [-0.3, -0.25) is 4.79 Å². The predicted molar refractivity (Wildman–Crippen MR) is 39.3 cm³/mol. The van der Waals surface area contributed by atoms with E-state index in [1.165, 1.54) is 0 Å². The average Bonchev–Trinajstić information content (AvgIpc) is 1.87. The minimum absolute atomic E-state index is 0. The summed E-state index contributed by atoms with van der Waals surface area (Å²) in [7, 11) is 0. The third-order valence-electron chi connectivity index (χ3n) is 1.05. The second-order valence-electron chi connectivity index (χ2n) is 1.94. The fraction of sp³-hybridized carbons (Fsp3) is 0.857. The van der Waals surface area contributed by atoms with Gasteiger partial charge in [-0.25, -0.2) is 0 Å². The van der Waals surface area contributed by atoms with Crippen molar-refractivity contribution in [3.8, 4) is 0 Å². The molecule has 0 aliphatic heterocycles. The maximum atomic E-state index is 10.2. The average molecular weight is 185 g/mol. The SMILES string of the molecule is CCOC(CC(=O)O)OCC.[Na+]. The molecule has 4 nitrogen and oxygen atoms in total. The van der Waals surface area contributed by atoms with E-state index in [-0.39, 0.29) is 36.0 Å². The van der Waals surface area contributed by atoms with Crippen molar-refractivity contribution in [2.24, 2.45) is 0 Å². The van der Waals surface area contributed by atoms with E-state index in [0.717, 1.165) is 0 Å². The van der Waals surface area contributed by atoms with Gasteiger partial charge in [0.15, 0.2) is 6.29 Å². The molecule has 0 radical (unpaired) electrons. The summed E-state index contributed by atoms with van der Waals surface area (Å²) in [5.74, 6) is -0.906. The van der Waals surface area contributed by atoms with Crippen LogP contribution >= 0.6 is 0 Å². The molecule has 0 atom stereocenters. The first kappa shape index (κ1) is 14.9. The number of carboxylic acids is 1. The van der Waals surface area contributed by atoms with Crippen LogP contribution < -0.4 is 29.6 Å². The summed E-state index contributed by atoms with van der Waals surface area (Å²) in [6, 6.07) is 0. The van der Waals surface area contributed by atoms with Crippen molar-refractivity contribution in [1.82, 2.24) is 0 Å². The van der Waals surface area contributed by atoms with Crippen LogP contribution in [0.3, 0.4) is 0 Å². The minimum Gasteiger partial charge on any atom is -0.481 e. The van der Waals surface area contributed by atoms with Crippen LogP contribution in [0, 0.1) is 0 Å². The van der Waals surface area contributed by atoms with E-state index in [2.05, 4.69) is 0 Å². The molecule has 0 aliphatic rings. The van der Waals surface area contributed by atoms with Crippen LogP contribution in [-0.2, 0) is 14.3 Å². The van der Waals surface area contributed by atoms with Crippen LogP contribution in [0.2, 0.25) is 0 Å². The molecule has 0 aliphatic carbocycles. The summed E-state index contributed by atoms with van der Waals surface area (Å²) in [4.78, 5) is 10.2. The van der Waals surface area contributed by atoms with Crippen molar-refractivity contribution in [2.75, 3.05) is 13.2 Å². The molecular formula is C7H14NaO4+. The van der Waals surface area contributed by atoms with Crippen molar-refractivity contribution in [3.63, 3.8) is 0 Å². The Morgan fingerprint density at radius 2 is 1.75 bits per heavy atom. The molecule has 0 rings (SSSR count). The molecule has 0 unspecified atom stereocenters. The Kier molecular flexibility index (Phi) is 11.8. The molecule has 12 heavy (non-hydrogen) atoms. The van der Waals surface area contributed by atoms with Crippen LogP contribution in [-0.4, -0.2) is 30.6 Å². The molecule has 0 aromatic heterocycles. The van der Waals surface area contributed by atoms with E-state index in [1.54, 1.807) is 13.8 Å². The van der Waals surface area contributed by atoms with Crippen molar-refractivity contribution in [2.45, 2.75) is 26.6 Å². The van der Waals surface area contributed by atoms with Gasteiger partial charge in [-0.15, -0.1) is 0 Å². The Morgan fingerprint density at radius 1 is 1.33 bits per heavy atom. The van der Waals surface area contributed by atoms with Crippen LogP contribution in [0.5, 0.6) is 0 Å². The van der Waals surface area contributed by atoms with Crippen LogP contribution in [0.15, 0.2) is 0 Å².